The van der Waals surface area contributed by atoms with Gasteiger partial charge in [0.2, 0.25) is 5.82 Å². The number of aromatic nitrogens is 3. The van der Waals surface area contributed by atoms with Crippen LogP contribution in [-0.2, 0) is 6.54 Å². The van der Waals surface area contributed by atoms with Gasteiger partial charge in [-0.2, -0.15) is 0 Å². The van der Waals surface area contributed by atoms with Crippen LogP contribution >= 0.6 is 27.7 Å². The molecule has 0 unspecified atom stereocenters. The summed E-state index contributed by atoms with van der Waals surface area (Å²) in [6.07, 6.45) is 0. The Morgan fingerprint density at radius 1 is 1.23 bits per heavy atom. The van der Waals surface area contributed by atoms with E-state index < -0.39 is 4.92 Å². The van der Waals surface area contributed by atoms with E-state index in [2.05, 4.69) is 26.1 Å². The zero-order valence-electron chi connectivity index (χ0n) is 15.7. The van der Waals surface area contributed by atoms with Gasteiger partial charge in [-0.3, -0.25) is 19.5 Å². The van der Waals surface area contributed by atoms with Crippen LogP contribution in [0.3, 0.4) is 0 Å². The average molecular weight is 487 g/mol. The van der Waals surface area contributed by atoms with Crippen molar-refractivity contribution in [2.45, 2.75) is 18.6 Å². The Balaban J connectivity index is 1.55. The number of halogens is 1. The number of rotatable bonds is 7. The van der Waals surface area contributed by atoms with Crippen molar-refractivity contribution < 1.29 is 14.1 Å². The lowest BCUT2D eigenvalue weighted by Gasteiger charge is -2.05. The minimum Gasteiger partial charge on any atom is -0.453 e. The molecule has 0 aliphatic rings. The smallest absolute Gasteiger partial charge is 0.270 e. The highest BCUT2D eigenvalue weighted by Crippen LogP contribution is 2.31. The molecule has 2 aromatic carbocycles. The zero-order valence-corrected chi connectivity index (χ0v) is 18.1. The summed E-state index contributed by atoms with van der Waals surface area (Å²) in [6.45, 7) is 2.55. The summed E-state index contributed by atoms with van der Waals surface area (Å²) >= 11 is 4.68. The van der Waals surface area contributed by atoms with E-state index in [1.165, 1.54) is 30.0 Å². The van der Waals surface area contributed by atoms with E-state index >= 15 is 0 Å². The molecular formula is C20H15BrN4O4S. The zero-order chi connectivity index (χ0) is 21.3. The number of non-ortho nitro benzene ring substituents is 1. The number of Topliss-reactive ketones (excluding diaryl/α,β-unsaturated/α-hetero) is 1. The topological polar surface area (TPSA) is 104 Å². The molecule has 0 spiro atoms. The molecule has 0 aliphatic heterocycles. The van der Waals surface area contributed by atoms with E-state index in [-0.39, 0.29) is 17.2 Å². The third-order valence-corrected chi connectivity index (χ3v) is 5.90. The number of fused-ring (bicyclic) bond motifs is 1. The minimum atomic E-state index is -0.518. The Labute approximate surface area is 183 Å². The molecule has 152 valence electrons. The van der Waals surface area contributed by atoms with E-state index in [1.807, 2.05) is 35.8 Å². The van der Waals surface area contributed by atoms with Crippen molar-refractivity contribution in [1.82, 2.24) is 14.8 Å². The van der Waals surface area contributed by atoms with Gasteiger partial charge in [-0.25, -0.2) is 0 Å². The maximum atomic E-state index is 12.5. The molecule has 0 saturated carbocycles. The van der Waals surface area contributed by atoms with Crippen molar-refractivity contribution in [3.63, 3.8) is 0 Å². The van der Waals surface area contributed by atoms with E-state index in [4.69, 9.17) is 4.42 Å². The molecular weight excluding hydrogens is 472 g/mol. The van der Waals surface area contributed by atoms with Crippen LogP contribution in [0.2, 0.25) is 0 Å². The molecule has 2 heterocycles. The van der Waals surface area contributed by atoms with E-state index in [0.29, 0.717) is 28.8 Å². The molecule has 4 rings (SSSR count). The summed E-state index contributed by atoms with van der Waals surface area (Å²) in [6, 6.07) is 13.4. The largest absolute Gasteiger partial charge is 0.453 e. The Kier molecular flexibility index (Phi) is 5.69. The molecule has 0 aliphatic carbocycles. The fraction of sp³-hybridized carbons (Fsp3) is 0.150. The second-order valence-electron chi connectivity index (χ2n) is 6.36. The SMILES string of the molecule is CCn1c(SCC(=O)c2cccc([N+](=O)[O-])c2)nnc1-c1cc2cc(Br)ccc2o1. The number of furan rings is 1. The van der Waals surface area contributed by atoms with E-state index in [0.717, 1.165) is 15.4 Å². The van der Waals surface area contributed by atoms with E-state index in [1.54, 1.807) is 6.07 Å². The molecule has 0 saturated heterocycles. The van der Waals surface area contributed by atoms with Gasteiger partial charge in [0.05, 0.1) is 10.7 Å². The fourth-order valence-electron chi connectivity index (χ4n) is 2.99. The maximum absolute atomic E-state index is 12.5. The van der Waals surface area contributed by atoms with Gasteiger partial charge in [-0.05, 0) is 31.2 Å². The van der Waals surface area contributed by atoms with Crippen LogP contribution in [0.4, 0.5) is 5.69 Å². The van der Waals surface area contributed by atoms with Crippen LogP contribution in [0.5, 0.6) is 0 Å². The number of ketones is 1. The third kappa shape index (κ3) is 4.01. The van der Waals surface area contributed by atoms with Gasteiger partial charge in [-0.15, -0.1) is 10.2 Å². The van der Waals surface area contributed by atoms with Crippen molar-refractivity contribution in [3.05, 3.63) is 68.7 Å². The van der Waals surface area contributed by atoms with Gasteiger partial charge in [-0.1, -0.05) is 39.8 Å². The molecule has 30 heavy (non-hydrogen) atoms. The summed E-state index contributed by atoms with van der Waals surface area (Å²) in [5.41, 5.74) is 0.928. The second kappa shape index (κ2) is 8.41. The lowest BCUT2D eigenvalue weighted by Crippen LogP contribution is -2.05. The highest BCUT2D eigenvalue weighted by molar-refractivity contribution is 9.10. The van der Waals surface area contributed by atoms with Gasteiger partial charge in [0.1, 0.15) is 5.58 Å². The second-order valence-corrected chi connectivity index (χ2v) is 8.22. The Hall–Kier alpha value is -2.98. The van der Waals surface area contributed by atoms with Gasteiger partial charge in [0.25, 0.3) is 5.69 Å². The van der Waals surface area contributed by atoms with Crippen molar-refractivity contribution in [2.24, 2.45) is 0 Å². The predicted molar refractivity (Wildman–Crippen MR) is 117 cm³/mol. The van der Waals surface area contributed by atoms with Crippen LogP contribution in [0, 0.1) is 10.1 Å². The van der Waals surface area contributed by atoms with E-state index in [9.17, 15) is 14.9 Å². The summed E-state index contributed by atoms with van der Waals surface area (Å²) in [5.74, 6) is 1.04. The maximum Gasteiger partial charge on any atom is 0.270 e. The molecule has 10 heteroatoms. The first-order valence-electron chi connectivity index (χ1n) is 8.99. The molecule has 0 atom stereocenters. The number of carbonyl (C=O) groups excluding carboxylic acids is 1. The summed E-state index contributed by atoms with van der Waals surface area (Å²) < 4.78 is 8.74. The van der Waals surface area contributed by atoms with Crippen molar-refractivity contribution >= 4 is 50.1 Å². The number of hydrogen-bond acceptors (Lipinski definition) is 7. The fourth-order valence-corrected chi connectivity index (χ4v) is 4.27. The first-order chi connectivity index (χ1) is 14.5. The number of carbonyl (C=O) groups is 1. The third-order valence-electron chi connectivity index (χ3n) is 4.44. The summed E-state index contributed by atoms with van der Waals surface area (Å²) in [7, 11) is 0. The molecule has 8 nitrogen and oxygen atoms in total. The monoisotopic (exact) mass is 486 g/mol. The summed E-state index contributed by atoms with van der Waals surface area (Å²) in [5, 5.41) is 20.9. The molecule has 2 aromatic heterocycles. The molecule has 0 radical (unpaired) electrons. The van der Waals surface area contributed by atoms with Gasteiger partial charge in [0.15, 0.2) is 16.7 Å². The molecule has 0 N–H and O–H groups in total. The number of hydrogen-bond donors (Lipinski definition) is 0. The Bertz CT molecular complexity index is 1270. The minimum absolute atomic E-state index is 0.0897. The Morgan fingerprint density at radius 3 is 2.83 bits per heavy atom. The molecule has 4 aromatic rings. The molecule has 0 bridgehead atoms. The van der Waals surface area contributed by atoms with Crippen molar-refractivity contribution in [3.8, 4) is 11.6 Å². The van der Waals surface area contributed by atoms with Gasteiger partial charge < -0.3 is 4.42 Å². The number of nitro benzene ring substituents is 1. The number of nitro groups is 1. The normalized spacial score (nSPS) is 11.1. The van der Waals surface area contributed by atoms with Crippen LogP contribution in [0.15, 0.2) is 62.6 Å². The van der Waals surface area contributed by atoms with Crippen LogP contribution in [0.1, 0.15) is 17.3 Å². The quantitative estimate of drug-likeness (QED) is 0.150. The predicted octanol–water partition coefficient (Wildman–Crippen LogP) is 5.36. The van der Waals surface area contributed by atoms with Crippen molar-refractivity contribution in [2.75, 3.05) is 5.75 Å². The molecule has 0 fully saturated rings. The van der Waals surface area contributed by atoms with Gasteiger partial charge in [0, 0.05) is 34.1 Å². The van der Waals surface area contributed by atoms with Crippen LogP contribution < -0.4 is 0 Å². The number of benzene rings is 2. The first-order valence-corrected chi connectivity index (χ1v) is 10.8. The van der Waals surface area contributed by atoms with Crippen LogP contribution in [-0.4, -0.2) is 31.2 Å². The standard InChI is InChI=1S/C20H15BrN4O4S/c1-2-24-19(18-10-13-8-14(21)6-7-17(13)29-18)22-23-20(24)30-11-16(26)12-4-3-5-15(9-12)25(27)28/h3-10H,2,11H2,1H3. The van der Waals surface area contributed by atoms with Crippen molar-refractivity contribution in [1.29, 1.82) is 0 Å². The van der Waals surface area contributed by atoms with Crippen LogP contribution in [0.25, 0.3) is 22.6 Å². The Morgan fingerprint density at radius 2 is 2.07 bits per heavy atom. The average Bonchev–Trinajstić information content (AvgIpc) is 3.34. The first kappa shape index (κ1) is 20.3. The summed E-state index contributed by atoms with van der Waals surface area (Å²) in [4.78, 5) is 22.9. The van der Waals surface area contributed by atoms with Gasteiger partial charge >= 0.3 is 0 Å². The highest BCUT2D eigenvalue weighted by Gasteiger charge is 2.19. The number of nitrogens with zero attached hydrogens (tertiary/aromatic N) is 4. The lowest BCUT2D eigenvalue weighted by molar-refractivity contribution is -0.384. The lowest BCUT2D eigenvalue weighted by atomic mass is 10.1. The highest BCUT2D eigenvalue weighted by atomic mass is 79.9. The molecule has 0 amide bonds. The number of thioether (sulfide) groups is 1.